The number of fused-ring (bicyclic) bond motifs is 1. The fraction of sp³-hybridized carbons (Fsp3) is 0.265. The summed E-state index contributed by atoms with van der Waals surface area (Å²) in [6, 6.07) is 25.2. The molecule has 2 aliphatic rings. The molecular formula is C34H31FN2O. The first-order valence-corrected chi connectivity index (χ1v) is 13.6. The van der Waals surface area contributed by atoms with Crippen LogP contribution in [0.4, 0.5) is 4.39 Å². The van der Waals surface area contributed by atoms with Crippen LogP contribution in [0.3, 0.4) is 0 Å². The number of halogens is 1. The summed E-state index contributed by atoms with van der Waals surface area (Å²) < 4.78 is 23.0. The van der Waals surface area contributed by atoms with Crippen LogP contribution in [0.2, 0.25) is 0 Å². The second-order valence-electron chi connectivity index (χ2n) is 10.2. The van der Waals surface area contributed by atoms with E-state index in [1.807, 2.05) is 18.2 Å². The van der Waals surface area contributed by atoms with E-state index in [1.165, 1.54) is 17.6 Å². The Labute approximate surface area is 223 Å². The zero-order valence-electron chi connectivity index (χ0n) is 21.4. The fourth-order valence-electron chi connectivity index (χ4n) is 5.68. The third-order valence-corrected chi connectivity index (χ3v) is 7.82. The average molecular weight is 503 g/mol. The number of hydrogen-bond acceptors (Lipinski definition) is 2. The van der Waals surface area contributed by atoms with Crippen LogP contribution in [0.1, 0.15) is 67.0 Å². The van der Waals surface area contributed by atoms with E-state index < -0.39 is 5.95 Å². The molecule has 38 heavy (non-hydrogen) atoms. The van der Waals surface area contributed by atoms with E-state index in [1.54, 1.807) is 10.8 Å². The molecule has 190 valence electrons. The van der Waals surface area contributed by atoms with Gasteiger partial charge in [0.05, 0.1) is 10.9 Å². The number of rotatable bonds is 6. The van der Waals surface area contributed by atoms with Gasteiger partial charge in [-0.05, 0) is 95.7 Å². The molecule has 1 aliphatic heterocycles. The largest absolute Gasteiger partial charge is 0.356 e. The van der Waals surface area contributed by atoms with Gasteiger partial charge in [0.15, 0.2) is 6.23 Å². The van der Waals surface area contributed by atoms with Crippen molar-refractivity contribution in [1.82, 2.24) is 9.78 Å². The summed E-state index contributed by atoms with van der Waals surface area (Å²) in [4.78, 5) is 0. The third-order valence-electron chi connectivity index (χ3n) is 7.82. The Hall–Kier alpha value is -3.94. The van der Waals surface area contributed by atoms with Crippen molar-refractivity contribution < 1.29 is 9.13 Å². The smallest absolute Gasteiger partial charge is 0.240 e. The highest BCUT2D eigenvalue weighted by Crippen LogP contribution is 2.45. The number of aromatic nitrogens is 2. The lowest BCUT2D eigenvalue weighted by atomic mass is 9.73. The summed E-state index contributed by atoms with van der Waals surface area (Å²) in [6.45, 7) is 0.687. The number of terminal acetylenes is 1. The van der Waals surface area contributed by atoms with Crippen LogP contribution < -0.4 is 0 Å². The highest BCUT2D eigenvalue weighted by atomic mass is 19.1. The van der Waals surface area contributed by atoms with Gasteiger partial charge in [0.25, 0.3) is 0 Å². The lowest BCUT2D eigenvalue weighted by Crippen LogP contribution is -2.19. The highest BCUT2D eigenvalue weighted by Gasteiger charge is 2.28. The molecule has 6 rings (SSSR count). The zero-order valence-corrected chi connectivity index (χ0v) is 21.4. The van der Waals surface area contributed by atoms with Crippen LogP contribution in [0, 0.1) is 24.2 Å². The number of ether oxygens (including phenoxy) is 1. The van der Waals surface area contributed by atoms with E-state index in [9.17, 15) is 0 Å². The Balaban J connectivity index is 1.53. The van der Waals surface area contributed by atoms with Crippen molar-refractivity contribution in [3.8, 4) is 12.3 Å². The molecule has 0 spiro atoms. The maximum atomic E-state index is 15.3. The van der Waals surface area contributed by atoms with Gasteiger partial charge in [0.2, 0.25) is 5.95 Å². The highest BCUT2D eigenvalue weighted by molar-refractivity contribution is 6.01. The van der Waals surface area contributed by atoms with Gasteiger partial charge in [0.1, 0.15) is 0 Å². The minimum Gasteiger partial charge on any atom is -0.356 e. The summed E-state index contributed by atoms with van der Waals surface area (Å²) in [5.41, 5.74) is 7.62. The van der Waals surface area contributed by atoms with Gasteiger partial charge in [-0.25, -0.2) is 4.68 Å². The first kappa shape index (κ1) is 24.4. The molecule has 4 heteroatoms. The molecule has 1 aromatic heterocycles. The van der Waals surface area contributed by atoms with E-state index in [0.29, 0.717) is 17.9 Å². The van der Waals surface area contributed by atoms with Gasteiger partial charge in [-0.2, -0.15) is 4.39 Å². The number of hydrogen-bond donors (Lipinski definition) is 0. The van der Waals surface area contributed by atoms with Gasteiger partial charge >= 0.3 is 0 Å². The lowest BCUT2D eigenvalue weighted by molar-refractivity contribution is -0.0375. The van der Waals surface area contributed by atoms with Crippen LogP contribution in [0.25, 0.3) is 28.1 Å². The quantitative estimate of drug-likeness (QED) is 0.196. The van der Waals surface area contributed by atoms with Gasteiger partial charge in [-0.15, -0.1) is 11.5 Å². The molecule has 3 nitrogen and oxygen atoms in total. The van der Waals surface area contributed by atoms with Gasteiger partial charge in [0, 0.05) is 6.61 Å². The minimum atomic E-state index is -0.449. The van der Waals surface area contributed by atoms with E-state index in [2.05, 4.69) is 71.7 Å². The van der Waals surface area contributed by atoms with Crippen LogP contribution in [0.5, 0.6) is 0 Å². The second kappa shape index (κ2) is 10.8. The summed E-state index contributed by atoms with van der Waals surface area (Å²) in [5, 5.41) is 4.81. The average Bonchev–Trinajstić information content (AvgIpc) is 3.28. The lowest BCUT2D eigenvalue weighted by Gasteiger charge is -2.31. The van der Waals surface area contributed by atoms with Crippen LogP contribution in [-0.2, 0) is 4.74 Å². The molecule has 1 saturated heterocycles. The van der Waals surface area contributed by atoms with E-state index in [4.69, 9.17) is 11.2 Å². The first-order valence-electron chi connectivity index (χ1n) is 13.6. The molecule has 1 atom stereocenters. The molecule has 2 heterocycles. The summed E-state index contributed by atoms with van der Waals surface area (Å²) >= 11 is 0. The number of allylic oxidation sites excluding steroid dienone is 2. The SMILES string of the molecule is C#CC=Cc1ccc(C(=C(c2ccccc2)C2CCC2)c2ccc3c(c2)c(F)nn3C2CCCCO2)cc1. The summed E-state index contributed by atoms with van der Waals surface area (Å²) in [6.07, 6.45) is 15.3. The Kier molecular flexibility index (Phi) is 6.94. The molecule has 0 N–H and O–H groups in total. The Morgan fingerprint density at radius 3 is 2.39 bits per heavy atom. The molecule has 3 aromatic carbocycles. The molecule has 1 unspecified atom stereocenters. The standard InChI is InChI=1S/C34H31FN2O/c1-2-3-10-24-16-18-27(19-17-24)33(32(26-13-9-14-26)25-11-5-4-6-12-25)28-20-21-30-29(23-28)34(35)36-37(30)31-15-7-8-22-38-31/h1,3-6,10-12,16-21,23,26,31H,7-9,13-15,22H2. The van der Waals surface area contributed by atoms with E-state index >= 15 is 4.39 Å². The number of nitrogens with zero attached hydrogens (tertiary/aromatic N) is 2. The van der Waals surface area contributed by atoms with Gasteiger partial charge < -0.3 is 4.74 Å². The van der Waals surface area contributed by atoms with E-state index in [-0.39, 0.29) is 6.23 Å². The van der Waals surface area contributed by atoms with Crippen molar-refractivity contribution in [2.45, 2.75) is 44.8 Å². The van der Waals surface area contributed by atoms with Crippen molar-refractivity contribution in [2.75, 3.05) is 6.61 Å². The molecule has 4 aromatic rings. The van der Waals surface area contributed by atoms with Crippen molar-refractivity contribution in [2.24, 2.45) is 5.92 Å². The monoisotopic (exact) mass is 502 g/mol. The third kappa shape index (κ3) is 4.71. The van der Waals surface area contributed by atoms with Crippen LogP contribution >= 0.6 is 0 Å². The Bertz CT molecular complexity index is 1530. The van der Waals surface area contributed by atoms with Crippen molar-refractivity contribution in [3.63, 3.8) is 0 Å². The molecule has 0 radical (unpaired) electrons. The zero-order chi connectivity index (χ0) is 25.9. The van der Waals surface area contributed by atoms with Crippen molar-refractivity contribution in [1.29, 1.82) is 0 Å². The Morgan fingerprint density at radius 2 is 1.71 bits per heavy atom. The molecule has 1 saturated carbocycles. The molecule has 0 amide bonds. The molecule has 2 fully saturated rings. The maximum absolute atomic E-state index is 15.3. The van der Waals surface area contributed by atoms with Crippen LogP contribution in [-0.4, -0.2) is 16.4 Å². The van der Waals surface area contributed by atoms with Crippen LogP contribution in [0.15, 0.2) is 78.9 Å². The topological polar surface area (TPSA) is 27.1 Å². The Morgan fingerprint density at radius 1 is 0.921 bits per heavy atom. The minimum absolute atomic E-state index is 0.213. The maximum Gasteiger partial charge on any atom is 0.240 e. The molecule has 0 bridgehead atoms. The summed E-state index contributed by atoms with van der Waals surface area (Å²) in [5.74, 6) is 2.57. The normalized spacial score (nSPS) is 18.8. The predicted octanol–water partition coefficient (Wildman–Crippen LogP) is 8.28. The fourth-order valence-corrected chi connectivity index (χ4v) is 5.68. The van der Waals surface area contributed by atoms with Crippen molar-refractivity contribution in [3.05, 3.63) is 107 Å². The van der Waals surface area contributed by atoms with Crippen molar-refractivity contribution >= 4 is 28.1 Å². The predicted molar refractivity (Wildman–Crippen MR) is 153 cm³/mol. The van der Waals surface area contributed by atoms with E-state index in [0.717, 1.165) is 59.9 Å². The number of benzene rings is 3. The van der Waals surface area contributed by atoms with Gasteiger partial charge in [-0.1, -0.05) is 73.0 Å². The van der Waals surface area contributed by atoms with Gasteiger partial charge in [-0.3, -0.25) is 0 Å². The summed E-state index contributed by atoms with van der Waals surface area (Å²) in [7, 11) is 0. The molecular weight excluding hydrogens is 471 g/mol. The molecule has 1 aliphatic carbocycles. The first-order chi connectivity index (χ1) is 18.7. The second-order valence-corrected chi connectivity index (χ2v) is 10.2.